The highest BCUT2D eigenvalue weighted by molar-refractivity contribution is 7.14. The highest BCUT2D eigenvalue weighted by Gasteiger charge is 2.11. The van der Waals surface area contributed by atoms with Crippen molar-refractivity contribution in [3.8, 4) is 5.00 Å². The van der Waals surface area contributed by atoms with Crippen molar-refractivity contribution in [3.63, 3.8) is 0 Å². The molecule has 0 bridgehead atoms. The lowest BCUT2D eigenvalue weighted by atomic mass is 10.4. The SMILES string of the molecule is CCc1ccc(-n2c(C)nnc2CO)s1. The van der Waals surface area contributed by atoms with E-state index in [2.05, 4.69) is 23.2 Å². The molecule has 0 fully saturated rings. The van der Waals surface area contributed by atoms with Crippen molar-refractivity contribution in [3.05, 3.63) is 28.7 Å². The van der Waals surface area contributed by atoms with Crippen LogP contribution in [0.4, 0.5) is 0 Å². The molecule has 0 atom stereocenters. The largest absolute Gasteiger partial charge is 0.388 e. The minimum absolute atomic E-state index is 0.0831. The zero-order valence-electron chi connectivity index (χ0n) is 8.77. The van der Waals surface area contributed by atoms with E-state index in [1.165, 1.54) is 4.88 Å². The summed E-state index contributed by atoms with van der Waals surface area (Å²) in [6.07, 6.45) is 1.03. The van der Waals surface area contributed by atoms with Gasteiger partial charge in [0, 0.05) is 4.88 Å². The van der Waals surface area contributed by atoms with Crippen LogP contribution in [0.3, 0.4) is 0 Å². The maximum Gasteiger partial charge on any atom is 0.164 e. The summed E-state index contributed by atoms with van der Waals surface area (Å²) >= 11 is 1.71. The monoisotopic (exact) mass is 223 g/mol. The molecule has 2 rings (SSSR count). The van der Waals surface area contributed by atoms with Crippen LogP contribution < -0.4 is 0 Å². The first-order valence-corrected chi connectivity index (χ1v) is 5.68. The molecule has 0 unspecified atom stereocenters. The second-order valence-electron chi connectivity index (χ2n) is 3.25. The smallest absolute Gasteiger partial charge is 0.164 e. The molecule has 0 aliphatic heterocycles. The number of hydrogen-bond donors (Lipinski definition) is 1. The topological polar surface area (TPSA) is 50.9 Å². The molecule has 0 aliphatic carbocycles. The van der Waals surface area contributed by atoms with Crippen LogP contribution in [0.2, 0.25) is 0 Å². The molecule has 15 heavy (non-hydrogen) atoms. The van der Waals surface area contributed by atoms with E-state index in [9.17, 15) is 0 Å². The molecule has 2 heterocycles. The van der Waals surface area contributed by atoms with Gasteiger partial charge in [0.1, 0.15) is 17.4 Å². The Hall–Kier alpha value is -1.20. The van der Waals surface area contributed by atoms with Gasteiger partial charge in [-0.25, -0.2) is 0 Å². The molecule has 4 nitrogen and oxygen atoms in total. The Morgan fingerprint density at radius 2 is 2.20 bits per heavy atom. The molecule has 0 aromatic carbocycles. The fraction of sp³-hybridized carbons (Fsp3) is 0.400. The quantitative estimate of drug-likeness (QED) is 0.861. The van der Waals surface area contributed by atoms with Gasteiger partial charge in [-0.3, -0.25) is 4.57 Å². The van der Waals surface area contributed by atoms with Crippen molar-refractivity contribution in [1.82, 2.24) is 14.8 Å². The third-order valence-electron chi connectivity index (χ3n) is 2.25. The van der Waals surface area contributed by atoms with Crippen LogP contribution >= 0.6 is 11.3 Å². The van der Waals surface area contributed by atoms with Gasteiger partial charge >= 0.3 is 0 Å². The number of aromatic nitrogens is 3. The zero-order chi connectivity index (χ0) is 10.8. The van der Waals surface area contributed by atoms with E-state index in [-0.39, 0.29) is 6.61 Å². The third kappa shape index (κ3) is 1.80. The molecule has 0 saturated heterocycles. The van der Waals surface area contributed by atoms with Crippen molar-refractivity contribution in [1.29, 1.82) is 0 Å². The Morgan fingerprint density at radius 1 is 1.40 bits per heavy atom. The molecule has 2 aromatic heterocycles. The summed E-state index contributed by atoms with van der Waals surface area (Å²) in [5.74, 6) is 1.40. The van der Waals surface area contributed by atoms with Crippen LogP contribution in [-0.2, 0) is 13.0 Å². The Labute approximate surface area is 92.2 Å². The molecular weight excluding hydrogens is 210 g/mol. The number of aliphatic hydroxyl groups is 1. The van der Waals surface area contributed by atoms with Crippen LogP contribution in [-0.4, -0.2) is 19.9 Å². The standard InChI is InChI=1S/C10H13N3OS/c1-3-8-4-5-10(15-8)13-7(2)11-12-9(13)6-14/h4-5,14H,3,6H2,1-2H3. The van der Waals surface area contributed by atoms with E-state index in [0.29, 0.717) is 5.82 Å². The van der Waals surface area contributed by atoms with Gasteiger partial charge < -0.3 is 5.11 Å². The Bertz CT molecular complexity index is 461. The van der Waals surface area contributed by atoms with Gasteiger partial charge in [0.15, 0.2) is 5.82 Å². The van der Waals surface area contributed by atoms with Gasteiger partial charge in [0.25, 0.3) is 0 Å². The summed E-state index contributed by atoms with van der Waals surface area (Å²) in [5, 5.41) is 18.1. The maximum atomic E-state index is 9.14. The third-order valence-corrected chi connectivity index (χ3v) is 3.46. The van der Waals surface area contributed by atoms with E-state index in [0.717, 1.165) is 17.2 Å². The second kappa shape index (κ2) is 4.12. The van der Waals surface area contributed by atoms with Gasteiger partial charge in [0.2, 0.25) is 0 Å². The van der Waals surface area contributed by atoms with Crippen LogP contribution in [0.1, 0.15) is 23.4 Å². The predicted octanol–water partition coefficient (Wildman–Crippen LogP) is 1.69. The van der Waals surface area contributed by atoms with Crippen molar-refractivity contribution in [2.24, 2.45) is 0 Å². The first-order chi connectivity index (χ1) is 7.26. The van der Waals surface area contributed by atoms with Gasteiger partial charge in [0.05, 0.1) is 0 Å². The first kappa shape index (κ1) is 10.3. The summed E-state index contributed by atoms with van der Waals surface area (Å²) in [6.45, 7) is 3.93. The van der Waals surface area contributed by atoms with E-state index < -0.39 is 0 Å². The molecule has 5 heteroatoms. The van der Waals surface area contributed by atoms with Crippen molar-refractivity contribution >= 4 is 11.3 Å². The molecule has 1 N–H and O–H groups in total. The average molecular weight is 223 g/mol. The van der Waals surface area contributed by atoms with E-state index in [1.807, 2.05) is 17.6 Å². The highest BCUT2D eigenvalue weighted by atomic mass is 32.1. The van der Waals surface area contributed by atoms with Gasteiger partial charge in [-0.2, -0.15) is 0 Å². The molecule has 2 aromatic rings. The van der Waals surface area contributed by atoms with Crippen LogP contribution in [0.5, 0.6) is 0 Å². The number of nitrogens with zero attached hydrogens (tertiary/aromatic N) is 3. The lowest BCUT2D eigenvalue weighted by Gasteiger charge is -2.02. The van der Waals surface area contributed by atoms with Gasteiger partial charge in [-0.1, -0.05) is 6.92 Å². The number of aryl methyl sites for hydroxylation is 2. The van der Waals surface area contributed by atoms with Gasteiger partial charge in [-0.15, -0.1) is 21.5 Å². The highest BCUT2D eigenvalue weighted by Crippen LogP contribution is 2.23. The molecule has 0 radical (unpaired) electrons. The normalized spacial score (nSPS) is 10.9. The number of aliphatic hydroxyl groups excluding tert-OH is 1. The minimum atomic E-state index is -0.0831. The molecule has 0 saturated carbocycles. The molecule has 80 valence electrons. The van der Waals surface area contributed by atoms with Crippen molar-refractivity contribution in [2.75, 3.05) is 0 Å². The van der Waals surface area contributed by atoms with E-state index in [1.54, 1.807) is 11.3 Å². The molecule has 0 aliphatic rings. The number of thiophene rings is 1. The zero-order valence-corrected chi connectivity index (χ0v) is 9.58. The lowest BCUT2D eigenvalue weighted by Crippen LogP contribution is -2.00. The number of rotatable bonds is 3. The Kier molecular flexibility index (Phi) is 2.83. The fourth-order valence-electron chi connectivity index (χ4n) is 1.47. The summed E-state index contributed by atoms with van der Waals surface area (Å²) in [6, 6.07) is 4.14. The second-order valence-corrected chi connectivity index (χ2v) is 4.40. The fourth-order valence-corrected chi connectivity index (χ4v) is 2.49. The lowest BCUT2D eigenvalue weighted by molar-refractivity contribution is 0.269. The molecular formula is C10H13N3OS. The first-order valence-electron chi connectivity index (χ1n) is 4.87. The molecule has 0 spiro atoms. The minimum Gasteiger partial charge on any atom is -0.388 e. The van der Waals surface area contributed by atoms with Gasteiger partial charge in [-0.05, 0) is 25.5 Å². The Balaban J connectivity index is 2.47. The van der Waals surface area contributed by atoms with E-state index >= 15 is 0 Å². The maximum absolute atomic E-state index is 9.14. The van der Waals surface area contributed by atoms with Crippen LogP contribution in [0, 0.1) is 6.92 Å². The summed E-state index contributed by atoms with van der Waals surface area (Å²) in [7, 11) is 0. The van der Waals surface area contributed by atoms with Crippen LogP contribution in [0.15, 0.2) is 12.1 Å². The summed E-state index contributed by atoms with van der Waals surface area (Å²) in [4.78, 5) is 1.32. The number of hydrogen-bond acceptors (Lipinski definition) is 4. The van der Waals surface area contributed by atoms with Crippen molar-refractivity contribution < 1.29 is 5.11 Å². The average Bonchev–Trinajstić information content (AvgIpc) is 2.83. The van der Waals surface area contributed by atoms with Crippen molar-refractivity contribution in [2.45, 2.75) is 26.9 Å². The van der Waals surface area contributed by atoms with E-state index in [4.69, 9.17) is 5.11 Å². The molecule has 0 amide bonds. The van der Waals surface area contributed by atoms with Crippen LogP contribution in [0.25, 0.3) is 5.00 Å². The summed E-state index contributed by atoms with van der Waals surface area (Å²) < 4.78 is 1.89. The summed E-state index contributed by atoms with van der Waals surface area (Å²) in [5.41, 5.74) is 0. The predicted molar refractivity (Wildman–Crippen MR) is 59.3 cm³/mol. The Morgan fingerprint density at radius 3 is 2.80 bits per heavy atom.